The molecular formula is C15H19N3O3. The molecule has 3 rings (SSSR count). The van der Waals surface area contributed by atoms with E-state index in [0.29, 0.717) is 30.3 Å². The van der Waals surface area contributed by atoms with Crippen molar-refractivity contribution in [1.29, 1.82) is 0 Å². The molecular weight excluding hydrogens is 270 g/mol. The van der Waals surface area contributed by atoms with Crippen molar-refractivity contribution in [3.05, 3.63) is 24.3 Å². The molecule has 0 bridgehead atoms. The molecule has 0 radical (unpaired) electrons. The Kier molecular flexibility index (Phi) is 4.33. The zero-order chi connectivity index (χ0) is 14.5. The molecule has 0 spiro atoms. The van der Waals surface area contributed by atoms with Gasteiger partial charge in [-0.05, 0) is 25.0 Å². The van der Waals surface area contributed by atoms with Gasteiger partial charge in [0.15, 0.2) is 5.76 Å². The molecule has 6 heteroatoms. The van der Waals surface area contributed by atoms with Crippen molar-refractivity contribution >= 4 is 5.91 Å². The van der Waals surface area contributed by atoms with Crippen molar-refractivity contribution in [2.24, 2.45) is 0 Å². The normalized spacial score (nSPS) is 15.9. The Labute approximate surface area is 123 Å². The summed E-state index contributed by atoms with van der Waals surface area (Å²) >= 11 is 0. The van der Waals surface area contributed by atoms with E-state index in [9.17, 15) is 4.79 Å². The predicted octanol–water partition coefficient (Wildman–Crippen LogP) is 2.66. The summed E-state index contributed by atoms with van der Waals surface area (Å²) in [5.74, 6) is 1.65. The van der Waals surface area contributed by atoms with Gasteiger partial charge in [-0.1, -0.05) is 18.0 Å². The van der Waals surface area contributed by atoms with Crippen LogP contribution in [0.3, 0.4) is 0 Å². The molecule has 21 heavy (non-hydrogen) atoms. The van der Waals surface area contributed by atoms with E-state index in [-0.39, 0.29) is 5.91 Å². The molecule has 2 aromatic heterocycles. The molecule has 1 fully saturated rings. The number of hydrogen-bond donors (Lipinski definition) is 0. The summed E-state index contributed by atoms with van der Waals surface area (Å²) in [5, 5.41) is 3.86. The highest BCUT2D eigenvalue weighted by molar-refractivity contribution is 5.76. The number of amides is 1. The highest BCUT2D eigenvalue weighted by Crippen LogP contribution is 2.17. The van der Waals surface area contributed by atoms with Crippen LogP contribution in [0.2, 0.25) is 0 Å². The number of carbonyl (C=O) groups is 1. The summed E-state index contributed by atoms with van der Waals surface area (Å²) in [6.07, 6.45) is 7.11. The van der Waals surface area contributed by atoms with Gasteiger partial charge < -0.3 is 13.8 Å². The van der Waals surface area contributed by atoms with E-state index in [4.69, 9.17) is 8.94 Å². The second-order valence-electron chi connectivity index (χ2n) is 5.28. The molecule has 0 aliphatic carbocycles. The summed E-state index contributed by atoms with van der Waals surface area (Å²) in [4.78, 5) is 18.4. The Hall–Kier alpha value is -2.11. The van der Waals surface area contributed by atoms with Crippen LogP contribution in [0.5, 0.6) is 0 Å². The van der Waals surface area contributed by atoms with Crippen molar-refractivity contribution in [1.82, 2.24) is 15.0 Å². The minimum atomic E-state index is 0.176. The molecule has 1 amide bonds. The van der Waals surface area contributed by atoms with Crippen LogP contribution in [-0.4, -0.2) is 34.0 Å². The number of rotatable bonds is 4. The highest BCUT2D eigenvalue weighted by atomic mass is 16.5. The minimum Gasteiger partial charge on any atom is -0.461 e. The molecule has 6 nitrogen and oxygen atoms in total. The standard InChI is InChI=1S/C15H19N3O3/c19-14(18-9-3-1-2-4-10-18)8-7-13-16-15(17-21-13)12-6-5-11-20-12/h5-6,11H,1-4,7-10H2. The Morgan fingerprint density at radius 2 is 2.05 bits per heavy atom. The maximum absolute atomic E-state index is 12.2. The lowest BCUT2D eigenvalue weighted by Gasteiger charge is -2.19. The molecule has 0 unspecified atom stereocenters. The molecule has 0 N–H and O–H groups in total. The van der Waals surface area contributed by atoms with Gasteiger partial charge in [0.1, 0.15) is 0 Å². The van der Waals surface area contributed by atoms with Gasteiger partial charge in [0.05, 0.1) is 6.26 Å². The van der Waals surface area contributed by atoms with E-state index >= 15 is 0 Å². The third kappa shape index (κ3) is 3.51. The first-order chi connectivity index (χ1) is 10.3. The summed E-state index contributed by atoms with van der Waals surface area (Å²) in [6.45, 7) is 1.75. The van der Waals surface area contributed by atoms with E-state index in [0.717, 1.165) is 25.9 Å². The van der Waals surface area contributed by atoms with Gasteiger partial charge in [-0.3, -0.25) is 4.79 Å². The largest absolute Gasteiger partial charge is 0.461 e. The van der Waals surface area contributed by atoms with Crippen LogP contribution in [-0.2, 0) is 11.2 Å². The van der Waals surface area contributed by atoms with Crippen LogP contribution in [0.4, 0.5) is 0 Å². The maximum atomic E-state index is 12.2. The molecule has 0 atom stereocenters. The van der Waals surface area contributed by atoms with Gasteiger partial charge >= 0.3 is 0 Å². The number of hydrogen-bond acceptors (Lipinski definition) is 5. The van der Waals surface area contributed by atoms with Crippen LogP contribution in [0.1, 0.15) is 38.0 Å². The second kappa shape index (κ2) is 6.56. The van der Waals surface area contributed by atoms with Crippen LogP contribution in [0.15, 0.2) is 27.3 Å². The van der Waals surface area contributed by atoms with Gasteiger partial charge in [-0.2, -0.15) is 4.98 Å². The number of furan rings is 1. The number of aromatic nitrogens is 2. The van der Waals surface area contributed by atoms with Crippen molar-refractivity contribution in [3.63, 3.8) is 0 Å². The molecule has 112 valence electrons. The molecule has 0 aromatic carbocycles. The SMILES string of the molecule is O=C(CCc1nc(-c2ccco2)no1)N1CCCCCC1. The summed E-state index contributed by atoms with van der Waals surface area (Å²) in [6, 6.07) is 3.55. The van der Waals surface area contributed by atoms with E-state index in [1.165, 1.54) is 12.8 Å². The third-order valence-corrected chi connectivity index (χ3v) is 3.72. The lowest BCUT2D eigenvalue weighted by molar-refractivity contribution is -0.131. The molecule has 1 saturated heterocycles. The van der Waals surface area contributed by atoms with Gasteiger partial charge in [-0.25, -0.2) is 0 Å². The second-order valence-corrected chi connectivity index (χ2v) is 5.28. The number of nitrogens with zero attached hydrogens (tertiary/aromatic N) is 3. The molecule has 2 aromatic rings. The lowest BCUT2D eigenvalue weighted by atomic mass is 10.2. The summed E-state index contributed by atoms with van der Waals surface area (Å²) < 4.78 is 10.4. The number of likely N-dealkylation sites (tertiary alicyclic amines) is 1. The van der Waals surface area contributed by atoms with Gasteiger partial charge in [0.25, 0.3) is 0 Å². The van der Waals surface area contributed by atoms with Crippen molar-refractivity contribution in [3.8, 4) is 11.6 Å². The zero-order valence-corrected chi connectivity index (χ0v) is 12.0. The highest BCUT2D eigenvalue weighted by Gasteiger charge is 2.17. The Balaban J connectivity index is 1.54. The van der Waals surface area contributed by atoms with Gasteiger partial charge in [0.2, 0.25) is 17.6 Å². The molecule has 0 saturated carbocycles. The molecule has 1 aliphatic rings. The first kappa shape index (κ1) is 13.9. The van der Waals surface area contributed by atoms with Crippen molar-refractivity contribution < 1.29 is 13.7 Å². The smallest absolute Gasteiger partial charge is 0.238 e. The Morgan fingerprint density at radius 1 is 1.24 bits per heavy atom. The average Bonchev–Trinajstić information content (AvgIpc) is 3.11. The van der Waals surface area contributed by atoms with Crippen LogP contribution >= 0.6 is 0 Å². The fraction of sp³-hybridized carbons (Fsp3) is 0.533. The quantitative estimate of drug-likeness (QED) is 0.865. The zero-order valence-electron chi connectivity index (χ0n) is 12.0. The van der Waals surface area contributed by atoms with Crippen LogP contribution < -0.4 is 0 Å². The first-order valence-electron chi connectivity index (χ1n) is 7.47. The Morgan fingerprint density at radius 3 is 2.76 bits per heavy atom. The average molecular weight is 289 g/mol. The van der Waals surface area contributed by atoms with Crippen molar-refractivity contribution in [2.75, 3.05) is 13.1 Å². The number of aryl methyl sites for hydroxylation is 1. The summed E-state index contributed by atoms with van der Waals surface area (Å²) in [7, 11) is 0. The van der Waals surface area contributed by atoms with Crippen LogP contribution in [0.25, 0.3) is 11.6 Å². The monoisotopic (exact) mass is 289 g/mol. The predicted molar refractivity (Wildman–Crippen MR) is 75.4 cm³/mol. The van der Waals surface area contributed by atoms with Gasteiger partial charge in [-0.15, -0.1) is 0 Å². The van der Waals surface area contributed by atoms with Gasteiger partial charge in [0, 0.05) is 25.9 Å². The Bertz CT molecular complexity index is 569. The summed E-state index contributed by atoms with van der Waals surface area (Å²) in [5.41, 5.74) is 0. The fourth-order valence-corrected chi connectivity index (χ4v) is 2.55. The topological polar surface area (TPSA) is 72.4 Å². The van der Waals surface area contributed by atoms with E-state index < -0.39 is 0 Å². The third-order valence-electron chi connectivity index (χ3n) is 3.72. The minimum absolute atomic E-state index is 0.176. The van der Waals surface area contributed by atoms with E-state index in [1.807, 2.05) is 4.90 Å². The van der Waals surface area contributed by atoms with Crippen molar-refractivity contribution in [2.45, 2.75) is 38.5 Å². The maximum Gasteiger partial charge on any atom is 0.238 e. The lowest BCUT2D eigenvalue weighted by Crippen LogP contribution is -2.31. The molecule has 1 aliphatic heterocycles. The molecule has 3 heterocycles. The van der Waals surface area contributed by atoms with Crippen LogP contribution in [0, 0.1) is 0 Å². The first-order valence-corrected chi connectivity index (χ1v) is 7.47. The fourth-order valence-electron chi connectivity index (χ4n) is 2.55. The van der Waals surface area contributed by atoms with E-state index in [2.05, 4.69) is 10.1 Å². The number of carbonyl (C=O) groups excluding carboxylic acids is 1. The van der Waals surface area contributed by atoms with E-state index in [1.54, 1.807) is 18.4 Å².